The van der Waals surface area contributed by atoms with Gasteiger partial charge in [0.25, 0.3) is 0 Å². The fourth-order valence-corrected chi connectivity index (χ4v) is 5.88. The Morgan fingerprint density at radius 3 is 2.23 bits per heavy atom. The Kier molecular flexibility index (Phi) is 9.34. The average Bonchev–Trinajstić information content (AvgIpc) is 3.00. The molecule has 9 nitrogen and oxygen atoms in total. The molecule has 1 fully saturated rings. The maximum Gasteiger partial charge on any atom is 0.411 e. The quantitative estimate of drug-likeness (QED) is 0.390. The molecule has 232 valence electrons. The van der Waals surface area contributed by atoms with Crippen LogP contribution in [0.5, 0.6) is 0 Å². The summed E-state index contributed by atoms with van der Waals surface area (Å²) in [5, 5.41) is 3.62. The molecule has 3 aromatic rings. The zero-order valence-electron chi connectivity index (χ0n) is 25.5. The number of piperazine rings is 1. The highest BCUT2D eigenvalue weighted by Gasteiger charge is 2.39. The number of nitrogen functional groups attached to an aromatic ring is 1. The molecule has 3 N–H and O–H groups in total. The van der Waals surface area contributed by atoms with Gasteiger partial charge in [-0.05, 0) is 61.7 Å². The number of halogens is 1. The van der Waals surface area contributed by atoms with Gasteiger partial charge in [0.1, 0.15) is 17.7 Å². The van der Waals surface area contributed by atoms with Gasteiger partial charge in [0, 0.05) is 44.0 Å². The Labute approximate surface area is 263 Å². The van der Waals surface area contributed by atoms with Gasteiger partial charge in [0.2, 0.25) is 11.8 Å². The third-order valence-corrected chi connectivity index (χ3v) is 8.27. The van der Waals surface area contributed by atoms with Gasteiger partial charge in [-0.25, -0.2) is 4.79 Å². The molecule has 0 saturated carbocycles. The molecule has 0 aliphatic carbocycles. The van der Waals surface area contributed by atoms with E-state index in [-0.39, 0.29) is 18.9 Å². The molecule has 3 amide bonds. The molecule has 2 unspecified atom stereocenters. The number of hydrogen-bond acceptors (Lipinski definition) is 6. The minimum atomic E-state index is -0.838. The number of para-hydroxylation sites is 2. The fraction of sp³-hybridized carbons (Fsp3) is 0.382. The number of fused-ring (bicyclic) bond motifs is 1. The first-order chi connectivity index (χ1) is 21.0. The van der Waals surface area contributed by atoms with Crippen LogP contribution in [0.25, 0.3) is 0 Å². The average molecular weight is 618 g/mol. The summed E-state index contributed by atoms with van der Waals surface area (Å²) in [6.07, 6.45) is 0.0351. The van der Waals surface area contributed by atoms with Crippen LogP contribution in [-0.4, -0.2) is 71.6 Å². The van der Waals surface area contributed by atoms with Crippen LogP contribution in [0.4, 0.5) is 16.2 Å². The number of anilines is 2. The van der Waals surface area contributed by atoms with Gasteiger partial charge in [-0.1, -0.05) is 60.1 Å². The summed E-state index contributed by atoms with van der Waals surface area (Å²) in [6, 6.07) is 21.0. The van der Waals surface area contributed by atoms with Crippen molar-refractivity contribution in [1.29, 1.82) is 0 Å². The van der Waals surface area contributed by atoms with E-state index in [4.69, 9.17) is 22.1 Å². The van der Waals surface area contributed by atoms with Crippen LogP contribution in [0.1, 0.15) is 37.5 Å². The number of carbonyl (C=O) groups is 3. The number of rotatable bonds is 6. The third kappa shape index (κ3) is 7.45. The minimum Gasteiger partial charge on any atom is -0.444 e. The lowest BCUT2D eigenvalue weighted by molar-refractivity contribution is -0.138. The van der Waals surface area contributed by atoms with E-state index in [1.54, 1.807) is 37.8 Å². The van der Waals surface area contributed by atoms with Gasteiger partial charge in [-0.2, -0.15) is 0 Å². The summed E-state index contributed by atoms with van der Waals surface area (Å²) < 4.78 is 5.69. The molecule has 5 rings (SSSR count). The highest BCUT2D eigenvalue weighted by Crippen LogP contribution is 2.27. The van der Waals surface area contributed by atoms with Crippen molar-refractivity contribution < 1.29 is 19.1 Å². The maximum absolute atomic E-state index is 14.0. The molecular formula is C34H40ClN5O4. The first kappa shape index (κ1) is 31.2. The molecule has 2 heterocycles. The lowest BCUT2D eigenvalue weighted by atomic mass is 9.93. The zero-order chi connectivity index (χ0) is 31.4. The molecule has 2 aliphatic rings. The van der Waals surface area contributed by atoms with Crippen molar-refractivity contribution in [3.05, 3.63) is 94.5 Å². The zero-order valence-corrected chi connectivity index (χ0v) is 26.2. The van der Waals surface area contributed by atoms with Crippen LogP contribution in [0.15, 0.2) is 72.8 Å². The molecule has 44 heavy (non-hydrogen) atoms. The van der Waals surface area contributed by atoms with Crippen molar-refractivity contribution in [3.8, 4) is 0 Å². The van der Waals surface area contributed by atoms with Gasteiger partial charge < -0.3 is 25.6 Å². The lowest BCUT2D eigenvalue weighted by Crippen LogP contribution is -2.59. The number of nitrogens with zero attached hydrogens (tertiary/aromatic N) is 3. The van der Waals surface area contributed by atoms with Gasteiger partial charge in [0.05, 0.1) is 17.9 Å². The molecule has 0 radical (unpaired) electrons. The summed E-state index contributed by atoms with van der Waals surface area (Å²) in [4.78, 5) is 46.8. The first-order valence-corrected chi connectivity index (χ1v) is 15.4. The molecule has 2 atom stereocenters. The van der Waals surface area contributed by atoms with E-state index in [9.17, 15) is 14.4 Å². The summed E-state index contributed by atoms with van der Waals surface area (Å²) in [5.74, 6) is -0.567. The van der Waals surface area contributed by atoms with E-state index in [2.05, 4.69) is 10.2 Å². The highest BCUT2D eigenvalue weighted by molar-refractivity contribution is 6.30. The van der Waals surface area contributed by atoms with Gasteiger partial charge in [-0.15, -0.1) is 0 Å². The van der Waals surface area contributed by atoms with Crippen LogP contribution >= 0.6 is 11.6 Å². The predicted octanol–water partition coefficient (Wildman–Crippen LogP) is 4.66. The van der Waals surface area contributed by atoms with E-state index in [1.807, 2.05) is 60.7 Å². The molecule has 3 aromatic carbocycles. The van der Waals surface area contributed by atoms with E-state index < -0.39 is 29.7 Å². The molecule has 0 spiro atoms. The lowest BCUT2D eigenvalue weighted by Gasteiger charge is -2.39. The second-order valence-corrected chi connectivity index (χ2v) is 12.8. The first-order valence-electron chi connectivity index (χ1n) is 15.0. The molecule has 1 saturated heterocycles. The normalized spacial score (nSPS) is 17.5. The van der Waals surface area contributed by atoms with E-state index >= 15 is 0 Å². The third-order valence-electron chi connectivity index (χ3n) is 8.02. The van der Waals surface area contributed by atoms with Gasteiger partial charge in [-0.3, -0.25) is 14.5 Å². The monoisotopic (exact) mass is 617 g/mol. The maximum atomic E-state index is 14.0. The number of carbonyl (C=O) groups excluding carboxylic acids is 3. The summed E-state index contributed by atoms with van der Waals surface area (Å²) in [5.41, 5.74) is 9.93. The highest BCUT2D eigenvalue weighted by atomic mass is 35.5. The predicted molar refractivity (Wildman–Crippen MR) is 172 cm³/mol. The van der Waals surface area contributed by atoms with Crippen molar-refractivity contribution in [2.24, 2.45) is 0 Å². The molecule has 2 aliphatic heterocycles. The number of ether oxygens (including phenoxy) is 1. The van der Waals surface area contributed by atoms with Crippen LogP contribution in [0, 0.1) is 0 Å². The topological polar surface area (TPSA) is 108 Å². The minimum absolute atomic E-state index is 0.172. The summed E-state index contributed by atoms with van der Waals surface area (Å²) in [7, 11) is 0. The van der Waals surface area contributed by atoms with Crippen molar-refractivity contribution in [2.75, 3.05) is 36.8 Å². The van der Waals surface area contributed by atoms with Crippen LogP contribution in [0.2, 0.25) is 5.02 Å². The number of benzene rings is 3. The van der Waals surface area contributed by atoms with Gasteiger partial charge in [0.15, 0.2) is 0 Å². The Morgan fingerprint density at radius 2 is 1.57 bits per heavy atom. The Hall–Kier alpha value is -4.24. The van der Waals surface area contributed by atoms with Crippen LogP contribution in [-0.2, 0) is 33.7 Å². The molecule has 10 heteroatoms. The molecular weight excluding hydrogens is 578 g/mol. The van der Waals surface area contributed by atoms with E-state index in [1.165, 1.54) is 4.90 Å². The van der Waals surface area contributed by atoms with Crippen LogP contribution in [0.3, 0.4) is 0 Å². The van der Waals surface area contributed by atoms with Gasteiger partial charge >= 0.3 is 6.09 Å². The second kappa shape index (κ2) is 13.2. The standard InChI is InChI=1S/C34H40ClN5O4/c1-34(2,3)44-33(43)40-22-25-9-5-4-8-24(25)21-30(40)31(41)37-28(20-23-12-14-26(35)15-13-23)32(42)39-18-16-38(17-19-39)29-11-7-6-10-27(29)36/h4-15,28,30H,16-22,36H2,1-3H3,(H,37,41). The second-order valence-electron chi connectivity index (χ2n) is 12.4. The Morgan fingerprint density at radius 1 is 0.932 bits per heavy atom. The van der Waals surface area contributed by atoms with Crippen molar-refractivity contribution in [2.45, 2.75) is 57.8 Å². The number of hydrogen-bond donors (Lipinski definition) is 2. The van der Waals surface area contributed by atoms with Crippen molar-refractivity contribution in [3.63, 3.8) is 0 Å². The van der Waals surface area contributed by atoms with E-state index in [0.29, 0.717) is 43.3 Å². The van der Waals surface area contributed by atoms with Crippen molar-refractivity contribution in [1.82, 2.24) is 15.1 Å². The molecule has 0 aromatic heterocycles. The SMILES string of the molecule is CC(C)(C)OC(=O)N1Cc2ccccc2CC1C(=O)NC(Cc1ccc(Cl)cc1)C(=O)N1CCN(c2ccccc2N)CC1. The smallest absolute Gasteiger partial charge is 0.411 e. The number of nitrogens with two attached hydrogens (primary N) is 1. The summed E-state index contributed by atoms with van der Waals surface area (Å²) in [6.45, 7) is 7.84. The Balaban J connectivity index is 1.36. The van der Waals surface area contributed by atoms with Crippen molar-refractivity contribution >= 4 is 40.9 Å². The molecule has 0 bridgehead atoms. The Bertz CT molecular complexity index is 1500. The summed E-state index contributed by atoms with van der Waals surface area (Å²) >= 11 is 6.12. The fourth-order valence-electron chi connectivity index (χ4n) is 5.76. The number of nitrogens with one attached hydrogen (secondary N) is 1. The van der Waals surface area contributed by atoms with Crippen LogP contribution < -0.4 is 16.0 Å². The largest absolute Gasteiger partial charge is 0.444 e. The van der Waals surface area contributed by atoms with E-state index in [0.717, 1.165) is 22.4 Å². The number of amides is 3.